The van der Waals surface area contributed by atoms with Gasteiger partial charge in [0.05, 0.1) is 0 Å². The van der Waals surface area contributed by atoms with Gasteiger partial charge in [-0.1, -0.05) is 6.58 Å². The molecule has 1 aromatic rings. The molecule has 1 aromatic carbocycles. The van der Waals surface area contributed by atoms with Gasteiger partial charge in [0.2, 0.25) is 0 Å². The molecule has 0 aliphatic heterocycles. The molecule has 7 heteroatoms. The number of halogens is 3. The first-order chi connectivity index (χ1) is 8.27. The maximum Gasteiger partial charge on any atom is 0.441 e. The molecule has 0 fully saturated rings. The van der Waals surface area contributed by atoms with Crippen LogP contribution in [0.15, 0.2) is 35.7 Å². The molecular weight excluding hydrogens is 249 g/mol. The number of benzene rings is 1. The van der Waals surface area contributed by atoms with Crippen LogP contribution < -0.4 is 4.74 Å². The summed E-state index contributed by atoms with van der Waals surface area (Å²) >= 11 is 0. The number of hydrogen-bond donors (Lipinski definition) is 0. The summed E-state index contributed by atoms with van der Waals surface area (Å²) < 4.78 is 44.4. The monoisotopic (exact) mass is 260 g/mol. The second-order valence-corrected chi connectivity index (χ2v) is 3.66. The van der Waals surface area contributed by atoms with Gasteiger partial charge in [0.25, 0.3) is 0 Å². The van der Waals surface area contributed by atoms with E-state index >= 15 is 0 Å². The Hall–Kier alpha value is -2.05. The van der Waals surface area contributed by atoms with Crippen LogP contribution in [0.5, 0.6) is 5.75 Å². The summed E-state index contributed by atoms with van der Waals surface area (Å²) in [6.45, 7) is 3.15. The molecule has 0 radical (unpaired) electrons. The quantitative estimate of drug-likeness (QED) is 0.763. The number of rotatable bonds is 5. The fourth-order valence-electron chi connectivity index (χ4n) is 1.10. The van der Waals surface area contributed by atoms with Crippen LogP contribution in [0.4, 0.5) is 18.9 Å². The van der Waals surface area contributed by atoms with Crippen molar-refractivity contribution in [3.63, 3.8) is 0 Å². The number of ether oxygens (including phenoxy) is 1. The van der Waals surface area contributed by atoms with Crippen molar-refractivity contribution in [1.29, 1.82) is 0 Å². The maximum absolute atomic E-state index is 13.6. The first kappa shape index (κ1) is 14.0. The van der Waals surface area contributed by atoms with Crippen molar-refractivity contribution in [3.05, 3.63) is 41.2 Å². The molecule has 0 unspecified atom stereocenters. The van der Waals surface area contributed by atoms with Crippen molar-refractivity contribution in [2.75, 3.05) is 14.1 Å². The van der Waals surface area contributed by atoms with Gasteiger partial charge in [-0.2, -0.15) is 8.78 Å². The lowest BCUT2D eigenvalue weighted by atomic mass is 10.3. The molecule has 18 heavy (non-hydrogen) atoms. The van der Waals surface area contributed by atoms with Crippen molar-refractivity contribution >= 4 is 5.69 Å². The normalized spacial score (nSPS) is 10.9. The predicted molar refractivity (Wildman–Crippen MR) is 60.3 cm³/mol. The van der Waals surface area contributed by atoms with Crippen LogP contribution in [-0.2, 0) is 0 Å². The molecule has 1 rings (SSSR count). The van der Waals surface area contributed by atoms with Gasteiger partial charge in [0, 0.05) is 20.2 Å². The van der Waals surface area contributed by atoms with E-state index in [9.17, 15) is 18.1 Å². The molecule has 0 aliphatic carbocycles. The van der Waals surface area contributed by atoms with Gasteiger partial charge < -0.3 is 9.64 Å². The molecular formula is C11H11F3N2O2. The van der Waals surface area contributed by atoms with Gasteiger partial charge in [0.15, 0.2) is 5.75 Å². The summed E-state index contributed by atoms with van der Waals surface area (Å²) in [6, 6.07) is 2.53. The molecule has 0 spiro atoms. The number of nitroso groups, excluding NO2 is 1. The summed E-state index contributed by atoms with van der Waals surface area (Å²) in [5.74, 6) is -1.46. The van der Waals surface area contributed by atoms with Crippen molar-refractivity contribution in [2.24, 2.45) is 5.18 Å². The van der Waals surface area contributed by atoms with Gasteiger partial charge in [-0.25, -0.2) is 4.39 Å². The molecule has 0 bridgehead atoms. The van der Waals surface area contributed by atoms with Crippen LogP contribution in [0.3, 0.4) is 0 Å². The van der Waals surface area contributed by atoms with Crippen molar-refractivity contribution < 1.29 is 17.9 Å². The Balaban J connectivity index is 3.06. The van der Waals surface area contributed by atoms with E-state index in [4.69, 9.17) is 0 Å². The minimum absolute atomic E-state index is 0.414. The van der Waals surface area contributed by atoms with E-state index in [1.807, 2.05) is 0 Å². The first-order valence-corrected chi connectivity index (χ1v) is 4.84. The lowest BCUT2D eigenvalue weighted by Gasteiger charge is -2.25. The van der Waals surface area contributed by atoms with E-state index in [1.165, 1.54) is 14.1 Å². The van der Waals surface area contributed by atoms with Crippen LogP contribution in [-0.4, -0.2) is 25.1 Å². The van der Waals surface area contributed by atoms with Crippen LogP contribution in [0.1, 0.15) is 0 Å². The van der Waals surface area contributed by atoms with Gasteiger partial charge in [-0.05, 0) is 17.3 Å². The number of likely N-dealkylation sites (N-methyl/N-ethyl adjacent to an activating group) is 1. The number of alkyl halides is 2. The van der Waals surface area contributed by atoms with E-state index < -0.39 is 29.1 Å². The molecule has 0 N–H and O–H groups in total. The predicted octanol–water partition coefficient (Wildman–Crippen LogP) is 3.27. The van der Waals surface area contributed by atoms with Crippen LogP contribution in [0.25, 0.3) is 0 Å². The topological polar surface area (TPSA) is 41.9 Å². The van der Waals surface area contributed by atoms with Gasteiger partial charge in [-0.3, -0.25) is 0 Å². The van der Waals surface area contributed by atoms with Gasteiger partial charge in [-0.15, -0.1) is 4.91 Å². The fraction of sp³-hybridized carbons (Fsp3) is 0.273. The zero-order chi connectivity index (χ0) is 13.9. The lowest BCUT2D eigenvalue weighted by Crippen LogP contribution is -2.34. The molecule has 0 aliphatic rings. The van der Waals surface area contributed by atoms with E-state index in [-0.39, 0.29) is 0 Å². The second kappa shape index (κ2) is 5.07. The minimum atomic E-state index is -3.77. The highest BCUT2D eigenvalue weighted by Crippen LogP contribution is 2.35. The van der Waals surface area contributed by atoms with Crippen molar-refractivity contribution in [1.82, 2.24) is 4.90 Å². The van der Waals surface area contributed by atoms with Crippen molar-refractivity contribution in [2.45, 2.75) is 6.11 Å². The molecule has 0 saturated heterocycles. The number of nitrogens with zero attached hydrogens (tertiary/aromatic N) is 2. The van der Waals surface area contributed by atoms with Crippen LogP contribution in [0, 0.1) is 10.7 Å². The Labute approximate surface area is 102 Å². The SMILES string of the molecule is C=C(N(C)C)C(F)(F)Oc1cc(F)ccc1N=O. The zero-order valence-electron chi connectivity index (χ0n) is 9.78. The molecule has 98 valence electrons. The highest BCUT2D eigenvalue weighted by atomic mass is 19.3. The molecule has 0 amide bonds. The zero-order valence-corrected chi connectivity index (χ0v) is 9.78. The average molecular weight is 260 g/mol. The summed E-state index contributed by atoms with van der Waals surface area (Å²) in [5, 5.41) is 2.48. The molecule has 0 saturated carbocycles. The molecule has 0 heterocycles. The summed E-state index contributed by atoms with van der Waals surface area (Å²) in [7, 11) is 2.70. The highest BCUT2D eigenvalue weighted by molar-refractivity contribution is 5.51. The van der Waals surface area contributed by atoms with Crippen LogP contribution >= 0.6 is 0 Å². The summed E-state index contributed by atoms with van der Waals surface area (Å²) in [6.07, 6.45) is -3.77. The number of hydrogen-bond acceptors (Lipinski definition) is 4. The van der Waals surface area contributed by atoms with E-state index in [2.05, 4.69) is 16.5 Å². The van der Waals surface area contributed by atoms with E-state index in [0.29, 0.717) is 6.07 Å². The third-order valence-electron chi connectivity index (χ3n) is 2.13. The lowest BCUT2D eigenvalue weighted by molar-refractivity contribution is -0.154. The Kier molecular flexibility index (Phi) is 3.95. The van der Waals surface area contributed by atoms with E-state index in [1.54, 1.807) is 0 Å². The molecule has 4 nitrogen and oxygen atoms in total. The standard InChI is InChI=1S/C11H11F3N2O2/c1-7(16(2)3)11(13,14)18-10-6-8(12)4-5-9(10)15-17/h4-6H,1H2,2-3H3. The first-order valence-electron chi connectivity index (χ1n) is 4.84. The second-order valence-electron chi connectivity index (χ2n) is 3.66. The highest BCUT2D eigenvalue weighted by Gasteiger charge is 2.38. The third-order valence-corrected chi connectivity index (χ3v) is 2.13. The van der Waals surface area contributed by atoms with Gasteiger partial charge >= 0.3 is 6.11 Å². The summed E-state index contributed by atoms with van der Waals surface area (Å²) in [4.78, 5) is 11.4. The third kappa shape index (κ3) is 2.99. The largest absolute Gasteiger partial charge is 0.441 e. The van der Waals surface area contributed by atoms with Crippen LogP contribution in [0.2, 0.25) is 0 Å². The maximum atomic E-state index is 13.6. The summed E-state index contributed by atoms with van der Waals surface area (Å²) in [5.41, 5.74) is -1.05. The average Bonchev–Trinajstić information content (AvgIpc) is 2.27. The molecule has 0 atom stereocenters. The Morgan fingerprint density at radius 3 is 2.56 bits per heavy atom. The fourth-order valence-corrected chi connectivity index (χ4v) is 1.10. The minimum Gasteiger partial charge on any atom is -0.425 e. The Morgan fingerprint density at radius 1 is 1.44 bits per heavy atom. The smallest absolute Gasteiger partial charge is 0.425 e. The van der Waals surface area contributed by atoms with E-state index in [0.717, 1.165) is 17.0 Å². The Bertz CT molecular complexity index is 475. The molecule has 0 aromatic heterocycles. The van der Waals surface area contributed by atoms with Crippen molar-refractivity contribution in [3.8, 4) is 5.75 Å². The van der Waals surface area contributed by atoms with Gasteiger partial charge in [0.1, 0.15) is 17.2 Å². The Morgan fingerprint density at radius 2 is 2.06 bits per heavy atom.